The molecule has 14 atom stereocenters. The van der Waals surface area contributed by atoms with E-state index in [0.29, 0.717) is 51.5 Å². The van der Waals surface area contributed by atoms with Gasteiger partial charge in [-0.15, -0.1) is 0 Å². The van der Waals surface area contributed by atoms with Gasteiger partial charge < -0.3 is 45.7 Å². The largest absolute Gasteiger partial charge is 0.447 e. The maximum Gasteiger partial charge on any atom is 0.332 e. The highest BCUT2D eigenvalue weighted by atomic mass is 16.6. The minimum Gasteiger partial charge on any atom is -0.447 e. The zero-order chi connectivity index (χ0) is 34.8. The second kappa shape index (κ2) is 11.4. The number of rotatable bonds is 7. The quantitative estimate of drug-likeness (QED) is 0.0915. The summed E-state index contributed by atoms with van der Waals surface area (Å²) in [6.07, 6.45) is 8.45. The molecule has 0 aromatic heterocycles. The molecule has 7 N–H and O–H groups in total. The van der Waals surface area contributed by atoms with E-state index in [-0.39, 0.29) is 42.5 Å². The Morgan fingerprint density at radius 3 is 2.49 bits per heavy atom. The maximum absolute atomic E-state index is 13.8. The number of allylic oxidation sites excluding steroid dienone is 1. The number of likely N-dealkylation sites (N-methyl/N-ethyl adjacent to an activating group) is 1. The van der Waals surface area contributed by atoms with Gasteiger partial charge in [0.25, 0.3) is 0 Å². The van der Waals surface area contributed by atoms with Crippen LogP contribution < -0.4 is 10.6 Å². The standard InChI is InChI=1S/C39H58N2O8/c1-22(2)23-6-7-26-29(43)8-12-35(21-42)30-9-13-34-10-4-5-11-36-25(20-41-15-14-40-3)16-24(32(34)27(36)18-31(44)49-36)19-37(34,46)39(30,48)33(45)28(17-23)38(26,35)47/h16,18,21-24,26,28-30,32-33,40-41,43,45-48H,4-15,17,19-20H2,1-3H3/t23-,24+,26+,28-,29+,30-,32-,33-,34-,35+,36-,37-,38-,39-/m1/s1. The Kier molecular flexibility index (Phi) is 8.02. The van der Waals surface area contributed by atoms with E-state index in [4.69, 9.17) is 4.74 Å². The summed E-state index contributed by atoms with van der Waals surface area (Å²) in [5.74, 6) is -2.91. The Morgan fingerprint density at radius 1 is 0.980 bits per heavy atom. The van der Waals surface area contributed by atoms with E-state index in [0.717, 1.165) is 49.8 Å². The van der Waals surface area contributed by atoms with E-state index in [9.17, 15) is 35.1 Å². The van der Waals surface area contributed by atoms with Crippen LogP contribution in [0.25, 0.3) is 0 Å². The van der Waals surface area contributed by atoms with E-state index in [1.807, 2.05) is 7.05 Å². The summed E-state index contributed by atoms with van der Waals surface area (Å²) in [5, 5.41) is 71.4. The molecule has 10 heteroatoms. The van der Waals surface area contributed by atoms with Crippen LogP contribution in [0.1, 0.15) is 90.9 Å². The molecule has 2 bridgehead atoms. The monoisotopic (exact) mass is 682 g/mol. The third-order valence-electron chi connectivity index (χ3n) is 16.2. The predicted molar refractivity (Wildman–Crippen MR) is 181 cm³/mol. The lowest BCUT2D eigenvalue weighted by atomic mass is 9.35. The first kappa shape index (κ1) is 34.4. The van der Waals surface area contributed by atoms with Crippen LogP contribution in [0.2, 0.25) is 0 Å². The van der Waals surface area contributed by atoms with Crippen molar-refractivity contribution in [2.75, 3.05) is 26.7 Å². The van der Waals surface area contributed by atoms with Gasteiger partial charge in [0, 0.05) is 48.9 Å². The number of aldehydes is 1. The van der Waals surface area contributed by atoms with E-state index >= 15 is 0 Å². The number of esters is 1. The van der Waals surface area contributed by atoms with E-state index in [1.54, 1.807) is 6.08 Å². The molecule has 8 aliphatic rings. The van der Waals surface area contributed by atoms with Gasteiger partial charge in [0.1, 0.15) is 17.5 Å². The lowest BCUT2D eigenvalue weighted by molar-refractivity contribution is -0.375. The average molecular weight is 683 g/mol. The van der Waals surface area contributed by atoms with Crippen LogP contribution in [-0.4, -0.2) is 99.1 Å². The summed E-state index contributed by atoms with van der Waals surface area (Å²) in [6.45, 7) is 6.30. The fraction of sp³-hybridized carbons (Fsp3) is 0.846. The molecule has 0 unspecified atom stereocenters. The molecule has 0 amide bonds. The molecule has 8 rings (SSSR count). The van der Waals surface area contributed by atoms with Gasteiger partial charge in [-0.2, -0.15) is 0 Å². The van der Waals surface area contributed by atoms with Crippen LogP contribution in [-0.2, 0) is 14.3 Å². The van der Waals surface area contributed by atoms with Crippen molar-refractivity contribution in [2.45, 2.75) is 126 Å². The Balaban J connectivity index is 1.30. The molecule has 0 saturated heterocycles. The minimum absolute atomic E-state index is 0.110. The summed E-state index contributed by atoms with van der Waals surface area (Å²) < 4.78 is 6.29. The molecule has 272 valence electrons. The van der Waals surface area contributed by atoms with Gasteiger partial charge in [-0.25, -0.2) is 4.79 Å². The van der Waals surface area contributed by atoms with Crippen molar-refractivity contribution in [3.05, 3.63) is 23.3 Å². The van der Waals surface area contributed by atoms with Crippen molar-refractivity contribution in [1.82, 2.24) is 10.6 Å². The van der Waals surface area contributed by atoms with Crippen molar-refractivity contribution >= 4 is 12.3 Å². The van der Waals surface area contributed by atoms with E-state index in [2.05, 4.69) is 30.6 Å². The molecule has 6 saturated carbocycles. The average Bonchev–Trinajstić information content (AvgIpc) is 3.44. The number of aliphatic hydroxyl groups excluding tert-OH is 2. The van der Waals surface area contributed by atoms with Crippen molar-refractivity contribution in [2.24, 2.45) is 52.3 Å². The topological polar surface area (TPSA) is 169 Å². The molecule has 1 heterocycles. The van der Waals surface area contributed by atoms with Gasteiger partial charge in [-0.1, -0.05) is 26.3 Å². The first-order valence-corrected chi connectivity index (χ1v) is 19.3. The first-order valence-electron chi connectivity index (χ1n) is 19.3. The molecule has 10 nitrogen and oxygen atoms in total. The number of aliphatic hydroxyl groups is 5. The molecule has 0 aromatic carbocycles. The minimum atomic E-state index is -2.09. The summed E-state index contributed by atoms with van der Waals surface area (Å²) in [4.78, 5) is 27.0. The maximum atomic E-state index is 13.8. The number of carbonyl (C=O) groups is 2. The normalized spacial score (nSPS) is 52.7. The van der Waals surface area contributed by atoms with Gasteiger partial charge in [-0.05, 0) is 112 Å². The zero-order valence-electron chi connectivity index (χ0n) is 29.5. The van der Waals surface area contributed by atoms with Gasteiger partial charge in [0.15, 0.2) is 5.60 Å². The second-order valence-corrected chi connectivity index (χ2v) is 17.9. The number of ether oxygens (including phenoxy) is 1. The smallest absolute Gasteiger partial charge is 0.332 e. The van der Waals surface area contributed by atoms with Crippen molar-refractivity contribution in [3.8, 4) is 0 Å². The van der Waals surface area contributed by atoms with Crippen LogP contribution in [0, 0.1) is 52.3 Å². The molecule has 1 aliphatic heterocycles. The molecular weight excluding hydrogens is 624 g/mol. The van der Waals surface area contributed by atoms with Crippen LogP contribution in [0.4, 0.5) is 0 Å². The van der Waals surface area contributed by atoms with Crippen molar-refractivity contribution in [1.29, 1.82) is 0 Å². The summed E-state index contributed by atoms with van der Waals surface area (Å²) in [5.41, 5.74) is -6.92. The number of nitrogens with one attached hydrogen (secondary N) is 2. The summed E-state index contributed by atoms with van der Waals surface area (Å²) in [6, 6.07) is 0. The lowest BCUT2D eigenvalue weighted by Gasteiger charge is -2.73. The molecule has 0 radical (unpaired) electrons. The highest BCUT2D eigenvalue weighted by Crippen LogP contribution is 2.78. The third-order valence-corrected chi connectivity index (χ3v) is 16.2. The molecule has 49 heavy (non-hydrogen) atoms. The summed E-state index contributed by atoms with van der Waals surface area (Å²) >= 11 is 0. The number of hydrogen-bond acceptors (Lipinski definition) is 10. The van der Waals surface area contributed by atoms with Crippen LogP contribution in [0.15, 0.2) is 23.3 Å². The van der Waals surface area contributed by atoms with Gasteiger partial charge in [0.2, 0.25) is 0 Å². The SMILES string of the molecule is CNCCNCC1=C[C@H]2C[C@@]3(O)[C@]4(CCCC[C@@]15OC(=O)C=C5[C@@H]24)CC[C@H]1[C@@]3(O)[C@H](O)[C@H]2C[C@H](C(C)C)CC[C@H]3[C@@H](O)CC[C@@]1(C=O)[C@]23O. The molecular formula is C39H58N2O8. The van der Waals surface area contributed by atoms with E-state index in [1.165, 1.54) is 0 Å². The van der Waals surface area contributed by atoms with Crippen LogP contribution in [0.5, 0.6) is 0 Å². The van der Waals surface area contributed by atoms with Gasteiger partial charge in [0.05, 0.1) is 23.2 Å². The molecule has 7 aliphatic carbocycles. The highest BCUT2D eigenvalue weighted by Gasteiger charge is 2.85. The Morgan fingerprint density at radius 2 is 1.76 bits per heavy atom. The zero-order valence-corrected chi connectivity index (χ0v) is 29.5. The van der Waals surface area contributed by atoms with Gasteiger partial charge >= 0.3 is 5.97 Å². The number of fused-ring (bicyclic) bond motifs is 3. The fourth-order valence-corrected chi connectivity index (χ4v) is 14.2. The van der Waals surface area contributed by atoms with Crippen LogP contribution in [0.3, 0.4) is 0 Å². The Labute approximate surface area is 290 Å². The lowest BCUT2D eigenvalue weighted by Crippen LogP contribution is -2.85. The van der Waals surface area contributed by atoms with Crippen LogP contribution >= 0.6 is 0 Å². The fourth-order valence-electron chi connectivity index (χ4n) is 14.2. The first-order chi connectivity index (χ1) is 23.3. The molecule has 0 aromatic rings. The predicted octanol–water partition coefficient (Wildman–Crippen LogP) is 2.16. The number of hydrogen-bond donors (Lipinski definition) is 7. The highest BCUT2D eigenvalue weighted by molar-refractivity contribution is 5.88. The van der Waals surface area contributed by atoms with Gasteiger partial charge in [-0.3, -0.25) is 0 Å². The molecule has 6 fully saturated rings. The number of carbonyl (C=O) groups excluding carboxylic acids is 2. The second-order valence-electron chi connectivity index (χ2n) is 17.9. The van der Waals surface area contributed by atoms with Crippen molar-refractivity contribution < 1.29 is 39.9 Å². The van der Waals surface area contributed by atoms with E-state index < -0.39 is 63.2 Å². The van der Waals surface area contributed by atoms with Crippen molar-refractivity contribution in [3.63, 3.8) is 0 Å². The summed E-state index contributed by atoms with van der Waals surface area (Å²) in [7, 11) is 1.90. The Hall–Kier alpha value is -1.66. The Bertz CT molecular complexity index is 1450. The molecule has 1 spiro atoms. The third kappa shape index (κ3) is 4.03.